The Morgan fingerprint density at radius 3 is 1.94 bits per heavy atom. The molecular weight excluding hydrogens is 448 g/mol. The van der Waals surface area contributed by atoms with Gasteiger partial charge in [-0.25, -0.2) is 0 Å². The summed E-state index contributed by atoms with van der Waals surface area (Å²) in [5.74, 6) is 0. The SMILES string of the molecule is C=CC=C(C=C(C)C)c1cccc2c1sc1c(-c3cccc4c3sc3ccccc34)cccc12. The Morgan fingerprint density at radius 2 is 1.24 bits per heavy atom. The maximum absolute atomic E-state index is 3.96. The maximum Gasteiger partial charge on any atom is 0.0434 e. The van der Waals surface area contributed by atoms with Crippen molar-refractivity contribution >= 4 is 68.6 Å². The normalized spacial score (nSPS) is 12.1. The summed E-state index contributed by atoms with van der Waals surface area (Å²) in [6, 6.07) is 28.9. The van der Waals surface area contributed by atoms with Crippen LogP contribution in [0.15, 0.2) is 109 Å². The predicted octanol–water partition coefficient (Wildman–Crippen LogP) is 10.6. The highest BCUT2D eigenvalue weighted by molar-refractivity contribution is 7.27. The van der Waals surface area contributed by atoms with Crippen LogP contribution in [0.3, 0.4) is 0 Å². The van der Waals surface area contributed by atoms with Crippen LogP contribution in [0.1, 0.15) is 19.4 Å². The van der Waals surface area contributed by atoms with Crippen molar-refractivity contribution in [1.82, 2.24) is 0 Å². The summed E-state index contributed by atoms with van der Waals surface area (Å²) in [5.41, 5.74) is 6.40. The zero-order chi connectivity index (χ0) is 23.2. The van der Waals surface area contributed by atoms with Crippen LogP contribution >= 0.6 is 22.7 Å². The predicted molar refractivity (Wildman–Crippen MR) is 155 cm³/mol. The Labute approximate surface area is 207 Å². The second-order valence-corrected chi connectivity index (χ2v) is 10.9. The third kappa shape index (κ3) is 3.34. The Bertz CT molecular complexity index is 1780. The lowest BCUT2D eigenvalue weighted by Gasteiger charge is -2.05. The lowest BCUT2D eigenvalue weighted by atomic mass is 9.98. The zero-order valence-electron chi connectivity index (χ0n) is 19.3. The van der Waals surface area contributed by atoms with E-state index in [1.807, 2.05) is 28.7 Å². The summed E-state index contributed by atoms with van der Waals surface area (Å²) in [6.07, 6.45) is 6.25. The van der Waals surface area contributed by atoms with E-state index in [0.29, 0.717) is 0 Å². The molecule has 0 radical (unpaired) electrons. The molecule has 2 heteroatoms. The molecule has 164 valence electrons. The van der Waals surface area contributed by atoms with Crippen molar-refractivity contribution in [2.24, 2.45) is 0 Å². The van der Waals surface area contributed by atoms with Gasteiger partial charge in [-0.15, -0.1) is 22.7 Å². The van der Waals surface area contributed by atoms with Crippen molar-refractivity contribution < 1.29 is 0 Å². The quantitative estimate of drug-likeness (QED) is 0.224. The summed E-state index contributed by atoms with van der Waals surface area (Å²) < 4.78 is 5.39. The van der Waals surface area contributed by atoms with E-state index in [0.717, 1.165) is 0 Å². The number of rotatable bonds is 4. The third-order valence-corrected chi connectivity index (χ3v) is 8.78. The van der Waals surface area contributed by atoms with Gasteiger partial charge in [-0.05, 0) is 31.1 Å². The molecule has 0 nitrogen and oxygen atoms in total. The summed E-state index contributed by atoms with van der Waals surface area (Å²) in [6.45, 7) is 8.24. The Hall–Kier alpha value is -3.46. The minimum atomic E-state index is 1.21. The number of hydrogen-bond donors (Lipinski definition) is 0. The van der Waals surface area contributed by atoms with Crippen molar-refractivity contribution in [3.8, 4) is 11.1 Å². The molecule has 4 aromatic carbocycles. The van der Waals surface area contributed by atoms with Gasteiger partial charge in [0.25, 0.3) is 0 Å². The molecule has 0 saturated carbocycles. The van der Waals surface area contributed by atoms with Gasteiger partial charge in [0, 0.05) is 51.5 Å². The molecule has 2 aromatic heterocycles. The van der Waals surface area contributed by atoms with Gasteiger partial charge >= 0.3 is 0 Å². The van der Waals surface area contributed by atoms with Crippen molar-refractivity contribution in [2.45, 2.75) is 13.8 Å². The summed E-state index contributed by atoms with van der Waals surface area (Å²) >= 11 is 3.80. The van der Waals surface area contributed by atoms with E-state index in [2.05, 4.69) is 111 Å². The van der Waals surface area contributed by atoms with Gasteiger partial charge in [0.1, 0.15) is 0 Å². The number of allylic oxidation sites excluding steroid dienone is 5. The minimum Gasteiger partial charge on any atom is -0.135 e. The fraction of sp³-hybridized carbons (Fsp3) is 0.0625. The summed E-state index contributed by atoms with van der Waals surface area (Å²) in [5, 5.41) is 5.33. The van der Waals surface area contributed by atoms with E-state index in [1.165, 1.54) is 68.2 Å². The second kappa shape index (κ2) is 8.39. The van der Waals surface area contributed by atoms with Gasteiger partial charge < -0.3 is 0 Å². The average molecular weight is 473 g/mol. The minimum absolute atomic E-state index is 1.21. The first-order valence-corrected chi connectivity index (χ1v) is 13.1. The Morgan fingerprint density at radius 1 is 0.647 bits per heavy atom. The van der Waals surface area contributed by atoms with E-state index >= 15 is 0 Å². The molecule has 0 bridgehead atoms. The van der Waals surface area contributed by atoms with Gasteiger partial charge in [-0.2, -0.15) is 0 Å². The molecular formula is C32H24S2. The van der Waals surface area contributed by atoms with Gasteiger partial charge in [-0.3, -0.25) is 0 Å². The molecule has 0 aliphatic carbocycles. The second-order valence-electron chi connectivity index (χ2n) is 8.83. The number of thiophene rings is 2. The van der Waals surface area contributed by atoms with Crippen LogP contribution in [0, 0.1) is 0 Å². The molecule has 0 unspecified atom stereocenters. The van der Waals surface area contributed by atoms with E-state index in [-0.39, 0.29) is 0 Å². The third-order valence-electron chi connectivity index (χ3n) is 6.27. The van der Waals surface area contributed by atoms with Gasteiger partial charge in [0.2, 0.25) is 0 Å². The largest absolute Gasteiger partial charge is 0.135 e. The zero-order valence-corrected chi connectivity index (χ0v) is 20.9. The Kier molecular flexibility index (Phi) is 5.21. The van der Waals surface area contributed by atoms with Gasteiger partial charge in [0.05, 0.1) is 0 Å². The highest BCUT2D eigenvalue weighted by atomic mass is 32.1. The molecule has 0 aliphatic rings. The lowest BCUT2D eigenvalue weighted by Crippen LogP contribution is -1.82. The van der Waals surface area contributed by atoms with E-state index in [4.69, 9.17) is 0 Å². The van der Waals surface area contributed by atoms with Crippen LogP contribution in [-0.2, 0) is 0 Å². The molecule has 2 heterocycles. The fourth-order valence-corrected chi connectivity index (χ4v) is 7.47. The van der Waals surface area contributed by atoms with Crippen molar-refractivity contribution in [1.29, 1.82) is 0 Å². The van der Waals surface area contributed by atoms with Crippen LogP contribution in [0.25, 0.3) is 57.0 Å². The summed E-state index contributed by atoms with van der Waals surface area (Å²) in [7, 11) is 0. The smallest absolute Gasteiger partial charge is 0.0434 e. The first kappa shape index (κ1) is 21.1. The molecule has 0 amide bonds. The van der Waals surface area contributed by atoms with Crippen molar-refractivity contribution in [3.05, 3.63) is 115 Å². The number of hydrogen-bond acceptors (Lipinski definition) is 2. The molecule has 0 aliphatic heterocycles. The van der Waals surface area contributed by atoms with Crippen molar-refractivity contribution in [2.75, 3.05) is 0 Å². The lowest BCUT2D eigenvalue weighted by molar-refractivity contribution is 1.40. The first-order chi connectivity index (χ1) is 16.7. The standard InChI is InChI=1S/C32H24S2/c1-4-10-21(19-20(2)3)22-12-7-14-25-27-16-9-17-28(32(27)34-30(22)25)26-15-8-13-24-23-11-5-6-18-29(23)33-31(24)26/h4-19H,1H2,2-3H3. The van der Waals surface area contributed by atoms with Crippen LogP contribution in [-0.4, -0.2) is 0 Å². The Balaban J connectivity index is 1.67. The molecule has 6 aromatic rings. The highest BCUT2D eigenvalue weighted by Crippen LogP contribution is 2.46. The summed E-state index contributed by atoms with van der Waals surface area (Å²) in [4.78, 5) is 0. The molecule has 34 heavy (non-hydrogen) atoms. The van der Waals surface area contributed by atoms with Gasteiger partial charge in [0.15, 0.2) is 0 Å². The molecule has 0 fully saturated rings. The first-order valence-electron chi connectivity index (χ1n) is 11.5. The topological polar surface area (TPSA) is 0 Å². The average Bonchev–Trinajstić information content (AvgIpc) is 3.42. The molecule has 6 rings (SSSR count). The van der Waals surface area contributed by atoms with Crippen LogP contribution < -0.4 is 0 Å². The van der Waals surface area contributed by atoms with Crippen molar-refractivity contribution in [3.63, 3.8) is 0 Å². The fourth-order valence-electron chi connectivity index (χ4n) is 4.87. The molecule has 0 atom stereocenters. The number of fused-ring (bicyclic) bond motifs is 6. The number of benzene rings is 4. The molecule has 0 N–H and O–H groups in total. The monoisotopic (exact) mass is 472 g/mol. The maximum atomic E-state index is 3.96. The van der Waals surface area contributed by atoms with E-state index in [1.54, 1.807) is 0 Å². The van der Waals surface area contributed by atoms with Crippen LogP contribution in [0.2, 0.25) is 0 Å². The van der Waals surface area contributed by atoms with E-state index in [9.17, 15) is 0 Å². The highest BCUT2D eigenvalue weighted by Gasteiger charge is 2.16. The molecule has 0 saturated heterocycles. The molecule has 0 spiro atoms. The van der Waals surface area contributed by atoms with Crippen LogP contribution in [0.5, 0.6) is 0 Å². The van der Waals surface area contributed by atoms with Crippen LogP contribution in [0.4, 0.5) is 0 Å². The van der Waals surface area contributed by atoms with Gasteiger partial charge in [-0.1, -0.05) is 103 Å². The van der Waals surface area contributed by atoms with E-state index < -0.39 is 0 Å².